The zero-order valence-corrected chi connectivity index (χ0v) is 12.1. The van der Waals surface area contributed by atoms with Crippen molar-refractivity contribution in [2.75, 3.05) is 5.32 Å². The van der Waals surface area contributed by atoms with Crippen LogP contribution in [0.25, 0.3) is 0 Å². The van der Waals surface area contributed by atoms with E-state index in [2.05, 4.69) is 10.3 Å². The third-order valence-corrected chi connectivity index (χ3v) is 3.54. The molecule has 5 heteroatoms. The van der Waals surface area contributed by atoms with Crippen molar-refractivity contribution >= 4 is 11.6 Å². The van der Waals surface area contributed by atoms with Crippen LogP contribution in [0.4, 0.5) is 5.69 Å². The summed E-state index contributed by atoms with van der Waals surface area (Å²) in [6, 6.07) is 7.24. The molecule has 1 aromatic heterocycles. The molecule has 3 N–H and O–H groups in total. The van der Waals surface area contributed by atoms with Crippen LogP contribution < -0.4 is 11.1 Å². The first-order valence-electron chi connectivity index (χ1n) is 6.63. The summed E-state index contributed by atoms with van der Waals surface area (Å²) in [5, 5.41) is 2.90. The Bertz CT molecular complexity index is 601. The van der Waals surface area contributed by atoms with E-state index in [1.54, 1.807) is 6.33 Å². The number of anilines is 1. The average Bonchev–Trinajstić information content (AvgIpc) is 2.79. The second-order valence-corrected chi connectivity index (χ2v) is 4.89. The van der Waals surface area contributed by atoms with Gasteiger partial charge in [0.25, 0.3) is 0 Å². The number of carbonyl (C=O) groups is 1. The summed E-state index contributed by atoms with van der Waals surface area (Å²) in [5.41, 5.74) is 9.30. The van der Waals surface area contributed by atoms with E-state index in [-0.39, 0.29) is 11.9 Å². The molecule has 1 aromatic carbocycles. The normalized spacial score (nSPS) is 12.2. The van der Waals surface area contributed by atoms with Crippen LogP contribution in [0.15, 0.2) is 30.6 Å². The predicted octanol–water partition coefficient (Wildman–Crippen LogP) is 2.16. The van der Waals surface area contributed by atoms with Crippen molar-refractivity contribution < 1.29 is 4.79 Å². The van der Waals surface area contributed by atoms with E-state index >= 15 is 0 Å². The van der Waals surface area contributed by atoms with Crippen molar-refractivity contribution in [1.29, 1.82) is 0 Å². The molecule has 1 amide bonds. The molecule has 20 heavy (non-hydrogen) atoms. The minimum atomic E-state index is -0.301. The number of rotatable bonds is 4. The minimum absolute atomic E-state index is 0.0639. The molecule has 0 spiro atoms. The molecule has 1 unspecified atom stereocenters. The van der Waals surface area contributed by atoms with Gasteiger partial charge in [-0.15, -0.1) is 0 Å². The molecule has 0 aliphatic carbocycles. The number of amides is 1. The third-order valence-electron chi connectivity index (χ3n) is 3.54. The highest BCUT2D eigenvalue weighted by Gasteiger charge is 2.17. The van der Waals surface area contributed by atoms with Gasteiger partial charge in [0.1, 0.15) is 6.04 Å². The summed E-state index contributed by atoms with van der Waals surface area (Å²) in [6.07, 6.45) is 1.70. The molecular formula is C15H20N4O. The lowest BCUT2D eigenvalue weighted by molar-refractivity contribution is -0.118. The lowest BCUT2D eigenvalue weighted by atomic mass is 10.2. The molecule has 5 nitrogen and oxygen atoms in total. The van der Waals surface area contributed by atoms with E-state index in [9.17, 15) is 4.79 Å². The maximum atomic E-state index is 12.2. The van der Waals surface area contributed by atoms with Gasteiger partial charge in [-0.2, -0.15) is 0 Å². The summed E-state index contributed by atoms with van der Waals surface area (Å²) < 4.78 is 1.87. The van der Waals surface area contributed by atoms with Crippen LogP contribution in [0.3, 0.4) is 0 Å². The van der Waals surface area contributed by atoms with Crippen molar-refractivity contribution in [2.24, 2.45) is 5.73 Å². The first-order valence-corrected chi connectivity index (χ1v) is 6.63. The Labute approximate surface area is 118 Å². The molecule has 0 fully saturated rings. The van der Waals surface area contributed by atoms with E-state index in [1.165, 1.54) is 0 Å². The molecule has 0 bridgehead atoms. The van der Waals surface area contributed by atoms with Gasteiger partial charge in [0, 0.05) is 17.9 Å². The Morgan fingerprint density at radius 2 is 2.00 bits per heavy atom. The second-order valence-electron chi connectivity index (χ2n) is 4.89. The molecule has 0 aliphatic rings. The Kier molecular flexibility index (Phi) is 4.20. The maximum absolute atomic E-state index is 12.2. The quantitative estimate of drug-likeness (QED) is 0.895. The van der Waals surface area contributed by atoms with Gasteiger partial charge >= 0.3 is 0 Å². The fraction of sp³-hybridized carbons (Fsp3) is 0.333. The number of benzene rings is 1. The van der Waals surface area contributed by atoms with Gasteiger partial charge in [0.2, 0.25) is 5.91 Å². The van der Waals surface area contributed by atoms with Crippen LogP contribution >= 0.6 is 0 Å². The molecule has 0 saturated carbocycles. The lowest BCUT2D eigenvalue weighted by Crippen LogP contribution is -2.24. The van der Waals surface area contributed by atoms with Crippen LogP contribution in [0.1, 0.15) is 29.9 Å². The maximum Gasteiger partial charge on any atom is 0.247 e. The van der Waals surface area contributed by atoms with Crippen LogP contribution in [-0.4, -0.2) is 15.5 Å². The van der Waals surface area contributed by atoms with Gasteiger partial charge in [-0.1, -0.05) is 12.1 Å². The number of imidazole rings is 1. The summed E-state index contributed by atoms with van der Waals surface area (Å²) >= 11 is 0. The molecule has 0 saturated heterocycles. The van der Waals surface area contributed by atoms with Crippen molar-refractivity contribution in [3.05, 3.63) is 47.5 Å². The van der Waals surface area contributed by atoms with Gasteiger partial charge in [0.15, 0.2) is 0 Å². The Balaban J connectivity index is 2.09. The average molecular weight is 272 g/mol. The van der Waals surface area contributed by atoms with Crippen LogP contribution in [0.2, 0.25) is 0 Å². The summed E-state index contributed by atoms with van der Waals surface area (Å²) in [6.45, 7) is 6.25. The number of nitrogens with one attached hydrogen (secondary N) is 1. The first kappa shape index (κ1) is 14.3. The number of hydrogen-bond acceptors (Lipinski definition) is 3. The number of nitrogens with two attached hydrogens (primary N) is 1. The molecule has 2 rings (SSSR count). The summed E-state index contributed by atoms with van der Waals surface area (Å²) in [7, 11) is 0. The molecule has 0 aliphatic heterocycles. The minimum Gasteiger partial charge on any atom is -0.326 e. The highest BCUT2D eigenvalue weighted by Crippen LogP contribution is 2.16. The van der Waals surface area contributed by atoms with Crippen LogP contribution in [0.5, 0.6) is 0 Å². The SMILES string of the molecule is Cc1ncn(C(C)C(=O)Nc2ccc(CN)cc2)c1C. The standard InChI is InChI=1S/C15H20N4O/c1-10-11(2)19(9-17-10)12(3)15(20)18-14-6-4-13(8-16)5-7-14/h4-7,9,12H,8,16H2,1-3H3,(H,18,20). The highest BCUT2D eigenvalue weighted by molar-refractivity contribution is 5.93. The van der Waals surface area contributed by atoms with Gasteiger partial charge in [-0.05, 0) is 38.5 Å². The van der Waals surface area contributed by atoms with E-state index in [1.807, 2.05) is 49.6 Å². The Morgan fingerprint density at radius 3 is 2.50 bits per heavy atom. The lowest BCUT2D eigenvalue weighted by Gasteiger charge is -2.15. The molecule has 2 aromatic rings. The van der Waals surface area contributed by atoms with Crippen LogP contribution in [0, 0.1) is 13.8 Å². The summed E-state index contributed by atoms with van der Waals surface area (Å²) in [4.78, 5) is 16.5. The Hall–Kier alpha value is -2.14. The fourth-order valence-corrected chi connectivity index (χ4v) is 2.00. The molecule has 0 radical (unpaired) electrons. The topological polar surface area (TPSA) is 72.9 Å². The molecule has 1 heterocycles. The van der Waals surface area contributed by atoms with Gasteiger partial charge < -0.3 is 15.6 Å². The number of hydrogen-bond donors (Lipinski definition) is 2. The highest BCUT2D eigenvalue weighted by atomic mass is 16.2. The monoisotopic (exact) mass is 272 g/mol. The molecular weight excluding hydrogens is 252 g/mol. The van der Waals surface area contributed by atoms with E-state index in [4.69, 9.17) is 5.73 Å². The number of nitrogens with zero attached hydrogens (tertiary/aromatic N) is 2. The van der Waals surface area contributed by atoms with Crippen molar-refractivity contribution in [3.63, 3.8) is 0 Å². The van der Waals surface area contributed by atoms with E-state index in [0.717, 1.165) is 22.6 Å². The predicted molar refractivity (Wildman–Crippen MR) is 79.4 cm³/mol. The smallest absolute Gasteiger partial charge is 0.247 e. The molecule has 1 atom stereocenters. The van der Waals surface area contributed by atoms with E-state index in [0.29, 0.717) is 6.54 Å². The van der Waals surface area contributed by atoms with Crippen molar-refractivity contribution in [2.45, 2.75) is 33.4 Å². The van der Waals surface area contributed by atoms with Crippen LogP contribution in [-0.2, 0) is 11.3 Å². The largest absolute Gasteiger partial charge is 0.326 e. The zero-order valence-electron chi connectivity index (χ0n) is 12.1. The van der Waals surface area contributed by atoms with Gasteiger partial charge in [-0.3, -0.25) is 4.79 Å². The van der Waals surface area contributed by atoms with Crippen molar-refractivity contribution in [3.8, 4) is 0 Å². The second kappa shape index (κ2) is 5.88. The number of aryl methyl sites for hydroxylation is 1. The fourth-order valence-electron chi connectivity index (χ4n) is 2.00. The number of carbonyl (C=O) groups excluding carboxylic acids is 1. The number of aromatic nitrogens is 2. The zero-order chi connectivity index (χ0) is 14.7. The Morgan fingerprint density at radius 1 is 1.35 bits per heavy atom. The third kappa shape index (κ3) is 2.88. The van der Waals surface area contributed by atoms with Crippen molar-refractivity contribution in [1.82, 2.24) is 9.55 Å². The first-order chi connectivity index (χ1) is 9.52. The van der Waals surface area contributed by atoms with Gasteiger partial charge in [0.05, 0.1) is 12.0 Å². The summed E-state index contributed by atoms with van der Waals surface area (Å²) in [5.74, 6) is -0.0639. The molecule has 106 valence electrons. The van der Waals surface area contributed by atoms with Gasteiger partial charge in [-0.25, -0.2) is 4.98 Å². The van der Waals surface area contributed by atoms with E-state index < -0.39 is 0 Å².